The quantitative estimate of drug-likeness (QED) is 0.623. The van der Waals surface area contributed by atoms with Gasteiger partial charge in [-0.3, -0.25) is 9.59 Å². The molecule has 6 heteroatoms. The Morgan fingerprint density at radius 3 is 2.43 bits per heavy atom. The van der Waals surface area contributed by atoms with Crippen molar-refractivity contribution in [2.75, 3.05) is 34.4 Å². The van der Waals surface area contributed by atoms with E-state index in [1.54, 1.807) is 30.1 Å². The van der Waals surface area contributed by atoms with E-state index < -0.39 is 0 Å². The largest absolute Gasteiger partial charge is 0.493 e. The molecule has 0 saturated carbocycles. The van der Waals surface area contributed by atoms with Crippen LogP contribution in [0.1, 0.15) is 15.9 Å². The van der Waals surface area contributed by atoms with Crippen LogP contribution in [0.15, 0.2) is 60.7 Å². The number of methoxy groups -OCH3 is 2. The highest BCUT2D eigenvalue weighted by atomic mass is 16.5. The number of nitrogens with one attached hydrogen (secondary N) is 1. The summed E-state index contributed by atoms with van der Waals surface area (Å²) >= 11 is 0. The maximum atomic E-state index is 12.5. The van der Waals surface area contributed by atoms with Crippen LogP contribution in [0.4, 0.5) is 0 Å². The van der Waals surface area contributed by atoms with Crippen molar-refractivity contribution in [1.29, 1.82) is 0 Å². The van der Waals surface area contributed by atoms with E-state index in [0.717, 1.165) is 6.42 Å². The smallest absolute Gasteiger partial charge is 0.251 e. The van der Waals surface area contributed by atoms with E-state index in [1.165, 1.54) is 30.6 Å². The third-order valence-corrected chi connectivity index (χ3v) is 5.07. The number of carbonyl (C=O) groups is 2. The van der Waals surface area contributed by atoms with Gasteiger partial charge in [-0.05, 0) is 41.0 Å². The van der Waals surface area contributed by atoms with Gasteiger partial charge in [-0.25, -0.2) is 0 Å². The SMILES string of the molecule is COc1ccc(C(=O)NCC(=O)N(C)CCc2cccc3ccccc23)cc1OC. The molecule has 3 rings (SSSR count). The summed E-state index contributed by atoms with van der Waals surface area (Å²) in [5, 5.41) is 5.05. The van der Waals surface area contributed by atoms with Crippen LogP contribution in [0.5, 0.6) is 11.5 Å². The van der Waals surface area contributed by atoms with Crippen molar-refractivity contribution in [2.45, 2.75) is 6.42 Å². The Labute approximate surface area is 176 Å². The van der Waals surface area contributed by atoms with Crippen LogP contribution < -0.4 is 14.8 Å². The predicted octanol–water partition coefficient (Wildman–Crippen LogP) is 3.29. The third-order valence-electron chi connectivity index (χ3n) is 5.07. The second kappa shape index (κ2) is 9.78. The Kier molecular flexibility index (Phi) is 6.91. The van der Waals surface area contributed by atoms with Crippen LogP contribution in [-0.4, -0.2) is 51.1 Å². The maximum absolute atomic E-state index is 12.5. The van der Waals surface area contributed by atoms with Gasteiger partial charge in [0.05, 0.1) is 20.8 Å². The third kappa shape index (κ3) is 4.89. The minimum atomic E-state index is -0.341. The Bertz CT molecular complexity index is 1040. The standard InChI is InChI=1S/C24H26N2O4/c1-26(14-13-18-9-6-8-17-7-4-5-10-20(17)18)23(27)16-25-24(28)19-11-12-21(29-2)22(15-19)30-3/h4-12,15H,13-14,16H2,1-3H3,(H,25,28). The average Bonchev–Trinajstić information content (AvgIpc) is 2.80. The maximum Gasteiger partial charge on any atom is 0.251 e. The van der Waals surface area contributed by atoms with E-state index in [0.29, 0.717) is 23.6 Å². The average molecular weight is 406 g/mol. The Morgan fingerprint density at radius 2 is 1.67 bits per heavy atom. The summed E-state index contributed by atoms with van der Waals surface area (Å²) in [7, 11) is 4.79. The minimum absolute atomic E-state index is 0.0702. The van der Waals surface area contributed by atoms with Crippen molar-refractivity contribution in [2.24, 2.45) is 0 Å². The van der Waals surface area contributed by atoms with Crippen LogP contribution in [-0.2, 0) is 11.2 Å². The van der Waals surface area contributed by atoms with Crippen molar-refractivity contribution in [1.82, 2.24) is 10.2 Å². The molecular weight excluding hydrogens is 380 g/mol. The number of amides is 2. The molecule has 0 heterocycles. The molecule has 6 nitrogen and oxygen atoms in total. The molecule has 156 valence electrons. The van der Waals surface area contributed by atoms with E-state index in [9.17, 15) is 9.59 Å². The summed E-state index contributed by atoms with van der Waals surface area (Å²) < 4.78 is 10.4. The van der Waals surface area contributed by atoms with E-state index in [1.807, 2.05) is 18.2 Å². The first-order valence-corrected chi connectivity index (χ1v) is 9.74. The van der Waals surface area contributed by atoms with Gasteiger partial charge in [0, 0.05) is 19.2 Å². The molecule has 2 amide bonds. The van der Waals surface area contributed by atoms with E-state index in [2.05, 4.69) is 29.6 Å². The summed E-state index contributed by atoms with van der Waals surface area (Å²) in [6, 6.07) is 19.3. The molecule has 0 atom stereocenters. The lowest BCUT2D eigenvalue weighted by Gasteiger charge is -2.18. The Balaban J connectivity index is 1.55. The number of hydrogen-bond donors (Lipinski definition) is 1. The van der Waals surface area contributed by atoms with Crippen molar-refractivity contribution < 1.29 is 19.1 Å². The van der Waals surface area contributed by atoms with Gasteiger partial charge in [0.2, 0.25) is 5.91 Å². The number of likely N-dealkylation sites (N-methyl/N-ethyl adjacent to an activating group) is 1. The molecule has 0 aliphatic carbocycles. The van der Waals surface area contributed by atoms with E-state index >= 15 is 0 Å². The normalized spacial score (nSPS) is 10.5. The van der Waals surface area contributed by atoms with E-state index in [4.69, 9.17) is 9.47 Å². The first kappa shape index (κ1) is 21.2. The first-order chi connectivity index (χ1) is 14.5. The summed E-state index contributed by atoms with van der Waals surface area (Å²) in [6.45, 7) is 0.498. The highest BCUT2D eigenvalue weighted by Crippen LogP contribution is 2.27. The molecule has 0 unspecified atom stereocenters. The van der Waals surface area contributed by atoms with Gasteiger partial charge in [-0.1, -0.05) is 42.5 Å². The molecule has 0 saturated heterocycles. The topological polar surface area (TPSA) is 67.9 Å². The van der Waals surface area contributed by atoms with E-state index in [-0.39, 0.29) is 18.4 Å². The number of hydrogen-bond acceptors (Lipinski definition) is 4. The number of benzene rings is 3. The number of ether oxygens (including phenoxy) is 2. The lowest BCUT2D eigenvalue weighted by Crippen LogP contribution is -2.39. The highest BCUT2D eigenvalue weighted by Gasteiger charge is 2.14. The molecule has 0 fully saturated rings. The highest BCUT2D eigenvalue weighted by molar-refractivity contribution is 5.97. The molecule has 0 aliphatic rings. The molecule has 0 spiro atoms. The molecule has 30 heavy (non-hydrogen) atoms. The molecule has 0 bridgehead atoms. The zero-order valence-corrected chi connectivity index (χ0v) is 17.5. The summed E-state index contributed by atoms with van der Waals surface area (Å²) in [5.74, 6) is 0.512. The van der Waals surface area contributed by atoms with Crippen LogP contribution in [0.3, 0.4) is 0 Å². The van der Waals surface area contributed by atoms with Gasteiger partial charge < -0.3 is 19.7 Å². The van der Waals surface area contributed by atoms with Crippen molar-refractivity contribution in [3.63, 3.8) is 0 Å². The second-order valence-electron chi connectivity index (χ2n) is 6.96. The fourth-order valence-electron chi connectivity index (χ4n) is 3.29. The van der Waals surface area contributed by atoms with Gasteiger partial charge in [0.1, 0.15) is 0 Å². The summed E-state index contributed by atoms with van der Waals surface area (Å²) in [5.41, 5.74) is 1.60. The van der Waals surface area contributed by atoms with Crippen LogP contribution in [0, 0.1) is 0 Å². The summed E-state index contributed by atoms with van der Waals surface area (Å²) in [6.07, 6.45) is 0.743. The molecule has 3 aromatic carbocycles. The van der Waals surface area contributed by atoms with Crippen LogP contribution in [0.2, 0.25) is 0 Å². The van der Waals surface area contributed by atoms with Crippen LogP contribution >= 0.6 is 0 Å². The van der Waals surface area contributed by atoms with Gasteiger partial charge in [0.15, 0.2) is 11.5 Å². The Hall–Kier alpha value is -3.54. The number of fused-ring (bicyclic) bond motifs is 1. The zero-order chi connectivity index (χ0) is 21.5. The van der Waals surface area contributed by atoms with Gasteiger partial charge >= 0.3 is 0 Å². The lowest BCUT2D eigenvalue weighted by atomic mass is 10.0. The van der Waals surface area contributed by atoms with Crippen molar-refractivity contribution in [3.8, 4) is 11.5 Å². The molecule has 3 aromatic rings. The molecule has 0 aromatic heterocycles. The lowest BCUT2D eigenvalue weighted by molar-refractivity contribution is -0.128. The molecule has 1 N–H and O–H groups in total. The van der Waals surface area contributed by atoms with Gasteiger partial charge in [-0.2, -0.15) is 0 Å². The summed E-state index contributed by atoms with van der Waals surface area (Å²) in [4.78, 5) is 26.5. The molecule has 0 aliphatic heterocycles. The molecule has 0 radical (unpaired) electrons. The van der Waals surface area contributed by atoms with Gasteiger partial charge in [-0.15, -0.1) is 0 Å². The first-order valence-electron chi connectivity index (χ1n) is 9.74. The number of rotatable bonds is 8. The second-order valence-corrected chi connectivity index (χ2v) is 6.96. The number of nitrogens with zero attached hydrogens (tertiary/aromatic N) is 1. The zero-order valence-electron chi connectivity index (χ0n) is 17.5. The predicted molar refractivity (Wildman–Crippen MR) is 117 cm³/mol. The monoisotopic (exact) mass is 406 g/mol. The van der Waals surface area contributed by atoms with Crippen molar-refractivity contribution >= 4 is 22.6 Å². The van der Waals surface area contributed by atoms with Crippen molar-refractivity contribution in [3.05, 3.63) is 71.8 Å². The Morgan fingerprint density at radius 1 is 0.933 bits per heavy atom. The molecular formula is C24H26N2O4. The van der Waals surface area contributed by atoms with Crippen LogP contribution in [0.25, 0.3) is 10.8 Å². The minimum Gasteiger partial charge on any atom is -0.493 e. The fraction of sp³-hybridized carbons (Fsp3) is 0.250. The number of carbonyl (C=O) groups excluding carboxylic acids is 2. The fourth-order valence-corrected chi connectivity index (χ4v) is 3.29. The van der Waals surface area contributed by atoms with Gasteiger partial charge in [0.25, 0.3) is 5.91 Å².